The van der Waals surface area contributed by atoms with Gasteiger partial charge in [-0.1, -0.05) is 6.07 Å². The molecular weight excluding hydrogens is 336 g/mol. The molecule has 1 aliphatic heterocycles. The van der Waals surface area contributed by atoms with E-state index in [1.807, 2.05) is 22.4 Å². The number of thiophene rings is 1. The van der Waals surface area contributed by atoms with Crippen molar-refractivity contribution in [3.8, 4) is 0 Å². The molecule has 0 aromatic carbocycles. The Balaban J connectivity index is 1.59. The first-order valence-electron chi connectivity index (χ1n) is 8.48. The Morgan fingerprint density at radius 2 is 2.04 bits per heavy atom. The number of nitrogens with zero attached hydrogens (tertiary/aromatic N) is 3. The number of carbonyl (C=O) groups is 2. The predicted octanol–water partition coefficient (Wildman–Crippen LogP) is 2.12. The zero-order valence-electron chi connectivity index (χ0n) is 14.3. The predicted molar refractivity (Wildman–Crippen MR) is 96.1 cm³/mol. The lowest BCUT2D eigenvalue weighted by Gasteiger charge is -2.31. The highest BCUT2D eigenvalue weighted by molar-refractivity contribution is 7.10. The summed E-state index contributed by atoms with van der Waals surface area (Å²) in [5, 5.41) is 4.91. The topological polar surface area (TPSA) is 75.2 Å². The first kappa shape index (κ1) is 17.5. The molecule has 2 aromatic rings. The van der Waals surface area contributed by atoms with Crippen molar-refractivity contribution in [3.05, 3.63) is 46.2 Å². The van der Waals surface area contributed by atoms with E-state index in [1.165, 1.54) is 0 Å². The van der Waals surface area contributed by atoms with Gasteiger partial charge in [0.25, 0.3) is 0 Å². The minimum absolute atomic E-state index is 0.00884. The van der Waals surface area contributed by atoms with Gasteiger partial charge in [-0.15, -0.1) is 11.3 Å². The van der Waals surface area contributed by atoms with Crippen LogP contribution in [0.3, 0.4) is 0 Å². The highest BCUT2D eigenvalue weighted by Crippen LogP contribution is 2.28. The summed E-state index contributed by atoms with van der Waals surface area (Å²) in [7, 11) is 0. The fraction of sp³-hybridized carbons (Fsp3) is 0.444. The molecule has 0 bridgehead atoms. The van der Waals surface area contributed by atoms with E-state index in [9.17, 15) is 9.59 Å². The third-order valence-electron chi connectivity index (χ3n) is 4.50. The first-order valence-corrected chi connectivity index (χ1v) is 9.36. The van der Waals surface area contributed by atoms with E-state index in [2.05, 4.69) is 15.3 Å². The van der Waals surface area contributed by atoms with Gasteiger partial charge in [-0.25, -0.2) is 0 Å². The van der Waals surface area contributed by atoms with Crippen LogP contribution in [-0.4, -0.2) is 39.8 Å². The summed E-state index contributed by atoms with van der Waals surface area (Å²) in [6.45, 7) is 3.50. The monoisotopic (exact) mass is 358 g/mol. The van der Waals surface area contributed by atoms with Crippen LogP contribution in [0.5, 0.6) is 0 Å². The zero-order valence-corrected chi connectivity index (χ0v) is 15.1. The normalized spacial score (nSPS) is 15.2. The highest BCUT2D eigenvalue weighted by atomic mass is 32.1. The van der Waals surface area contributed by atoms with E-state index >= 15 is 0 Å². The number of carbonyl (C=O) groups excluding carboxylic acids is 2. The van der Waals surface area contributed by atoms with Crippen LogP contribution in [0.4, 0.5) is 0 Å². The van der Waals surface area contributed by atoms with Crippen LogP contribution in [0.1, 0.15) is 41.9 Å². The molecule has 1 saturated heterocycles. The van der Waals surface area contributed by atoms with Gasteiger partial charge < -0.3 is 10.2 Å². The highest BCUT2D eigenvalue weighted by Gasteiger charge is 2.25. The molecule has 2 amide bonds. The Kier molecular flexibility index (Phi) is 5.75. The lowest BCUT2D eigenvalue weighted by molar-refractivity contribution is -0.129. The average molecular weight is 358 g/mol. The van der Waals surface area contributed by atoms with E-state index in [0.29, 0.717) is 13.0 Å². The lowest BCUT2D eigenvalue weighted by Crippen LogP contribution is -2.37. The van der Waals surface area contributed by atoms with Crippen LogP contribution in [0.25, 0.3) is 0 Å². The molecule has 1 fully saturated rings. The van der Waals surface area contributed by atoms with E-state index in [-0.39, 0.29) is 17.7 Å². The second kappa shape index (κ2) is 8.20. The molecule has 0 atom stereocenters. The molecule has 3 heterocycles. The molecule has 132 valence electrons. The standard InChI is InChI=1S/C18H22N4O2S/c1-13(23)22-8-4-14(5-9-22)18-16(19-6-7-20-18)12-21-17(24)11-15-3-2-10-25-15/h2-3,6-7,10,14H,4-5,8-9,11-12H2,1H3,(H,21,24). The fourth-order valence-electron chi connectivity index (χ4n) is 3.14. The van der Waals surface area contributed by atoms with Gasteiger partial charge in [0.15, 0.2) is 0 Å². The van der Waals surface area contributed by atoms with E-state index < -0.39 is 0 Å². The van der Waals surface area contributed by atoms with Gasteiger partial charge in [-0.2, -0.15) is 0 Å². The van der Waals surface area contributed by atoms with Crippen molar-refractivity contribution in [3.63, 3.8) is 0 Å². The van der Waals surface area contributed by atoms with Gasteiger partial charge in [0.1, 0.15) is 0 Å². The van der Waals surface area contributed by atoms with Crippen molar-refractivity contribution in [2.45, 2.75) is 38.6 Å². The largest absolute Gasteiger partial charge is 0.350 e. The summed E-state index contributed by atoms with van der Waals surface area (Å²) < 4.78 is 0. The molecule has 6 nitrogen and oxygen atoms in total. The molecule has 7 heteroatoms. The smallest absolute Gasteiger partial charge is 0.225 e. The third-order valence-corrected chi connectivity index (χ3v) is 5.38. The summed E-state index contributed by atoms with van der Waals surface area (Å²) in [5.41, 5.74) is 1.77. The van der Waals surface area contributed by atoms with E-state index in [4.69, 9.17) is 0 Å². The Hall–Kier alpha value is -2.28. The molecule has 1 N–H and O–H groups in total. The SMILES string of the molecule is CC(=O)N1CCC(c2nccnc2CNC(=O)Cc2cccs2)CC1. The lowest BCUT2D eigenvalue weighted by atomic mass is 9.92. The van der Waals surface area contributed by atoms with Gasteiger partial charge in [0, 0.05) is 43.2 Å². The minimum Gasteiger partial charge on any atom is -0.350 e. The number of piperidine rings is 1. The molecule has 0 unspecified atom stereocenters. The van der Waals surface area contributed by atoms with Gasteiger partial charge in [-0.3, -0.25) is 19.6 Å². The van der Waals surface area contributed by atoms with Crippen molar-refractivity contribution in [1.82, 2.24) is 20.2 Å². The second-order valence-corrected chi connectivity index (χ2v) is 7.23. The summed E-state index contributed by atoms with van der Waals surface area (Å²) in [5.74, 6) is 0.401. The molecule has 1 aliphatic rings. The quantitative estimate of drug-likeness (QED) is 0.888. The summed E-state index contributed by atoms with van der Waals surface area (Å²) in [4.78, 5) is 35.4. The van der Waals surface area contributed by atoms with Crippen LogP contribution < -0.4 is 5.32 Å². The van der Waals surface area contributed by atoms with Crippen molar-refractivity contribution in [2.24, 2.45) is 0 Å². The molecule has 0 radical (unpaired) electrons. The van der Waals surface area contributed by atoms with Crippen LogP contribution in [-0.2, 0) is 22.6 Å². The van der Waals surface area contributed by atoms with Crippen molar-refractivity contribution >= 4 is 23.2 Å². The molecule has 0 spiro atoms. The third kappa shape index (κ3) is 4.63. The number of rotatable bonds is 5. The number of nitrogens with one attached hydrogen (secondary N) is 1. The molecule has 3 rings (SSSR count). The first-order chi connectivity index (χ1) is 12.1. The van der Waals surface area contributed by atoms with Crippen LogP contribution >= 0.6 is 11.3 Å². The number of hydrogen-bond acceptors (Lipinski definition) is 5. The molecule has 0 aliphatic carbocycles. The van der Waals surface area contributed by atoms with Gasteiger partial charge in [0.05, 0.1) is 24.4 Å². The maximum absolute atomic E-state index is 12.1. The molecule has 2 aromatic heterocycles. The van der Waals surface area contributed by atoms with Gasteiger partial charge in [-0.05, 0) is 24.3 Å². The van der Waals surface area contributed by atoms with Crippen molar-refractivity contribution in [1.29, 1.82) is 0 Å². The number of likely N-dealkylation sites (tertiary alicyclic amines) is 1. The molecule has 0 saturated carbocycles. The Morgan fingerprint density at radius 1 is 1.28 bits per heavy atom. The second-order valence-electron chi connectivity index (χ2n) is 6.20. The van der Waals surface area contributed by atoms with E-state index in [0.717, 1.165) is 42.2 Å². The van der Waals surface area contributed by atoms with Crippen molar-refractivity contribution in [2.75, 3.05) is 13.1 Å². The number of amides is 2. The molecule has 25 heavy (non-hydrogen) atoms. The van der Waals surface area contributed by atoms with Crippen LogP contribution in [0, 0.1) is 0 Å². The fourth-order valence-corrected chi connectivity index (χ4v) is 3.84. The van der Waals surface area contributed by atoms with E-state index in [1.54, 1.807) is 30.7 Å². The maximum Gasteiger partial charge on any atom is 0.225 e. The number of aromatic nitrogens is 2. The van der Waals surface area contributed by atoms with Gasteiger partial charge in [0.2, 0.25) is 11.8 Å². The Morgan fingerprint density at radius 3 is 2.72 bits per heavy atom. The Labute approximate surface area is 151 Å². The Bertz CT molecular complexity index is 724. The zero-order chi connectivity index (χ0) is 17.6. The molecular formula is C18H22N4O2S. The number of hydrogen-bond donors (Lipinski definition) is 1. The van der Waals surface area contributed by atoms with Crippen molar-refractivity contribution < 1.29 is 9.59 Å². The summed E-state index contributed by atoms with van der Waals surface area (Å²) in [6, 6.07) is 3.91. The summed E-state index contributed by atoms with van der Waals surface area (Å²) in [6.07, 6.45) is 5.52. The van der Waals surface area contributed by atoms with Crippen LogP contribution in [0.15, 0.2) is 29.9 Å². The maximum atomic E-state index is 12.1. The summed E-state index contributed by atoms with van der Waals surface area (Å²) >= 11 is 1.58. The minimum atomic E-state index is -0.00884. The van der Waals surface area contributed by atoms with Crippen LogP contribution in [0.2, 0.25) is 0 Å². The average Bonchev–Trinajstić information content (AvgIpc) is 3.13. The van der Waals surface area contributed by atoms with Gasteiger partial charge >= 0.3 is 0 Å².